The van der Waals surface area contributed by atoms with E-state index in [0.29, 0.717) is 6.42 Å². The molecule has 0 heterocycles. The summed E-state index contributed by atoms with van der Waals surface area (Å²) in [6, 6.07) is 0. The van der Waals surface area contributed by atoms with Crippen molar-refractivity contribution in [2.24, 2.45) is 0 Å². The molecule has 0 aliphatic rings. The summed E-state index contributed by atoms with van der Waals surface area (Å²) < 4.78 is 0. The predicted molar refractivity (Wildman–Crippen MR) is 43.3 cm³/mol. The number of hydrogen-bond acceptors (Lipinski definition) is 2. The molecule has 4 heteroatoms. The van der Waals surface area contributed by atoms with Crippen LogP contribution in [0.3, 0.4) is 0 Å². The topological polar surface area (TPSA) is 40.1 Å². The number of halogens is 1. The fourth-order valence-electron chi connectivity index (χ4n) is 0.727. The largest absolute Gasteiger partial charge is 1.00 e. The molecule has 0 aromatic heterocycles. The van der Waals surface area contributed by atoms with Gasteiger partial charge in [0.25, 0.3) is 0 Å². The van der Waals surface area contributed by atoms with E-state index in [1.54, 1.807) is 6.08 Å². The minimum atomic E-state index is -0.991. The van der Waals surface area contributed by atoms with Crippen molar-refractivity contribution >= 4 is 17.6 Å². The van der Waals surface area contributed by atoms with Crippen LogP contribution in [0.1, 0.15) is 25.7 Å². The van der Waals surface area contributed by atoms with Gasteiger partial charge in [-0.3, -0.25) is 0 Å². The van der Waals surface area contributed by atoms with Crippen LogP contribution in [0.25, 0.3) is 0 Å². The molecule has 12 heavy (non-hydrogen) atoms. The molecule has 0 aromatic rings. The van der Waals surface area contributed by atoms with Gasteiger partial charge < -0.3 is 9.90 Å². The van der Waals surface area contributed by atoms with E-state index in [0.717, 1.165) is 12.8 Å². The number of carboxylic acids is 1. The van der Waals surface area contributed by atoms with Crippen LogP contribution in [0.5, 0.6) is 0 Å². The van der Waals surface area contributed by atoms with E-state index in [-0.39, 0.29) is 63.2 Å². The number of alkyl halides is 1. The van der Waals surface area contributed by atoms with E-state index < -0.39 is 5.97 Å². The molecule has 0 radical (unpaired) electrons. The summed E-state index contributed by atoms with van der Waals surface area (Å²) in [6.45, 7) is 3.51. The third-order valence-electron chi connectivity index (χ3n) is 1.37. The van der Waals surface area contributed by atoms with Crippen molar-refractivity contribution in [3.63, 3.8) is 0 Å². The Labute approximate surface area is 121 Å². The molecule has 0 aliphatic heterocycles. The molecule has 0 N–H and O–H groups in total. The fraction of sp³-hybridized carbons (Fsp3) is 0.625. The van der Waals surface area contributed by atoms with Crippen LogP contribution >= 0.6 is 11.6 Å². The second kappa shape index (κ2) is 10.2. The molecule has 0 spiro atoms. The van der Waals surface area contributed by atoms with Crippen LogP contribution in [0.2, 0.25) is 0 Å². The van der Waals surface area contributed by atoms with Crippen molar-refractivity contribution in [3.8, 4) is 0 Å². The monoisotopic (exact) mass is 214 g/mol. The normalized spacial score (nSPS) is 11.4. The van der Waals surface area contributed by atoms with Crippen LogP contribution in [0.4, 0.5) is 0 Å². The number of carbonyl (C=O) groups is 1. The zero-order valence-electron chi connectivity index (χ0n) is 7.38. The van der Waals surface area contributed by atoms with E-state index in [2.05, 4.69) is 6.58 Å². The molecule has 0 amide bonds. The number of allylic oxidation sites excluding steroid dienone is 1. The standard InChI is InChI=1S/C8H13ClO2.K/c1-2-7(9)5-3-4-6-8(10)11;/h2,7H,1,3-6H2,(H,10,11);/q;+1/p-1. The first-order valence-electron chi connectivity index (χ1n) is 3.63. The number of aliphatic carboxylic acids is 1. The van der Waals surface area contributed by atoms with Crippen molar-refractivity contribution in [1.29, 1.82) is 0 Å². The molecular weight excluding hydrogens is 203 g/mol. The summed E-state index contributed by atoms with van der Waals surface area (Å²) in [5.41, 5.74) is 0. The van der Waals surface area contributed by atoms with Gasteiger partial charge in [0.15, 0.2) is 0 Å². The number of hydrogen-bond donors (Lipinski definition) is 0. The Hall–Kier alpha value is 1.14. The molecule has 1 atom stereocenters. The van der Waals surface area contributed by atoms with Crippen molar-refractivity contribution in [3.05, 3.63) is 12.7 Å². The second-order valence-corrected chi connectivity index (χ2v) is 2.93. The first kappa shape index (κ1) is 15.6. The third kappa shape index (κ3) is 11.1. The van der Waals surface area contributed by atoms with Gasteiger partial charge in [-0.1, -0.05) is 12.5 Å². The van der Waals surface area contributed by atoms with E-state index in [9.17, 15) is 9.90 Å². The summed E-state index contributed by atoms with van der Waals surface area (Å²) in [5.74, 6) is -0.991. The van der Waals surface area contributed by atoms with Crippen molar-refractivity contribution in [2.75, 3.05) is 0 Å². The average Bonchev–Trinajstić information content (AvgIpc) is 1.97. The summed E-state index contributed by atoms with van der Waals surface area (Å²) in [5, 5.41) is 9.92. The van der Waals surface area contributed by atoms with Gasteiger partial charge in [0.1, 0.15) is 0 Å². The Kier molecular flexibility index (Phi) is 13.3. The maximum atomic E-state index is 9.95. The zero-order chi connectivity index (χ0) is 8.69. The molecule has 1 unspecified atom stereocenters. The smallest absolute Gasteiger partial charge is 0.550 e. The Morgan fingerprint density at radius 3 is 2.58 bits per heavy atom. The number of unbranched alkanes of at least 4 members (excludes halogenated alkanes) is 1. The molecule has 0 aromatic carbocycles. The quantitative estimate of drug-likeness (QED) is 0.224. The van der Waals surface area contributed by atoms with Gasteiger partial charge in [0.2, 0.25) is 0 Å². The third-order valence-corrected chi connectivity index (χ3v) is 1.76. The van der Waals surface area contributed by atoms with Gasteiger partial charge in [0, 0.05) is 5.97 Å². The van der Waals surface area contributed by atoms with Crippen LogP contribution in [-0.4, -0.2) is 11.3 Å². The zero-order valence-corrected chi connectivity index (χ0v) is 11.3. The van der Waals surface area contributed by atoms with Crippen molar-refractivity contribution < 1.29 is 61.3 Å². The summed E-state index contributed by atoms with van der Waals surface area (Å²) in [7, 11) is 0. The number of carboxylic acid groups (broad SMARTS) is 1. The van der Waals surface area contributed by atoms with Crippen LogP contribution in [0.15, 0.2) is 12.7 Å². The summed E-state index contributed by atoms with van der Waals surface area (Å²) >= 11 is 5.70. The maximum Gasteiger partial charge on any atom is 1.00 e. The number of rotatable bonds is 6. The van der Waals surface area contributed by atoms with E-state index >= 15 is 0 Å². The molecule has 0 saturated carbocycles. The SMILES string of the molecule is C=CC(Cl)CCCCC(=O)[O-].[K+]. The number of carbonyl (C=O) groups excluding carboxylic acids is 1. The molecule has 64 valence electrons. The van der Waals surface area contributed by atoms with Gasteiger partial charge >= 0.3 is 51.4 Å². The van der Waals surface area contributed by atoms with Gasteiger partial charge in [0.05, 0.1) is 5.38 Å². The van der Waals surface area contributed by atoms with Crippen molar-refractivity contribution in [2.45, 2.75) is 31.1 Å². The Morgan fingerprint density at radius 2 is 2.17 bits per heavy atom. The Morgan fingerprint density at radius 1 is 1.58 bits per heavy atom. The van der Waals surface area contributed by atoms with Crippen LogP contribution in [-0.2, 0) is 4.79 Å². The average molecular weight is 215 g/mol. The maximum absolute atomic E-state index is 9.95. The summed E-state index contributed by atoms with van der Waals surface area (Å²) in [4.78, 5) is 9.95. The van der Waals surface area contributed by atoms with E-state index in [1.165, 1.54) is 0 Å². The van der Waals surface area contributed by atoms with Crippen LogP contribution < -0.4 is 56.5 Å². The van der Waals surface area contributed by atoms with Gasteiger partial charge in [-0.15, -0.1) is 18.2 Å². The van der Waals surface area contributed by atoms with E-state index in [4.69, 9.17) is 11.6 Å². The fourth-order valence-corrected chi connectivity index (χ4v) is 0.881. The van der Waals surface area contributed by atoms with Gasteiger partial charge in [-0.2, -0.15) is 0 Å². The molecule has 0 rings (SSSR count). The molecule has 0 aliphatic carbocycles. The predicted octanol–water partition coefficient (Wildman–Crippen LogP) is -1.91. The van der Waals surface area contributed by atoms with Crippen LogP contribution in [0, 0.1) is 0 Å². The molecule has 2 nitrogen and oxygen atoms in total. The van der Waals surface area contributed by atoms with Gasteiger partial charge in [-0.05, 0) is 19.3 Å². The summed E-state index contributed by atoms with van der Waals surface area (Å²) in [6.07, 6.45) is 4.02. The Bertz CT molecular complexity index is 139. The Balaban J connectivity index is 0. The first-order valence-corrected chi connectivity index (χ1v) is 4.07. The second-order valence-electron chi connectivity index (χ2n) is 2.37. The van der Waals surface area contributed by atoms with Crippen molar-refractivity contribution in [1.82, 2.24) is 0 Å². The molecular formula is C8H12ClKO2. The molecule has 0 fully saturated rings. The molecule has 0 saturated heterocycles. The molecule has 0 bridgehead atoms. The minimum absolute atomic E-state index is 0. The van der Waals surface area contributed by atoms with Gasteiger partial charge in [-0.25, -0.2) is 0 Å². The first-order chi connectivity index (χ1) is 5.16. The minimum Gasteiger partial charge on any atom is -0.550 e. The van der Waals surface area contributed by atoms with E-state index in [1.807, 2.05) is 0 Å².